The van der Waals surface area contributed by atoms with Crippen molar-refractivity contribution in [3.8, 4) is 0 Å². The molecule has 1 saturated carbocycles. The molecule has 0 spiro atoms. The first-order chi connectivity index (χ1) is 17.4. The van der Waals surface area contributed by atoms with Crippen LogP contribution in [0.3, 0.4) is 0 Å². The molecule has 2 N–H and O–H groups in total. The first-order valence-electron chi connectivity index (χ1n) is 14.2. The van der Waals surface area contributed by atoms with E-state index in [1.54, 1.807) is 12.3 Å². The molecule has 4 aliphatic rings. The monoisotopic (exact) mass is 498 g/mol. The molecule has 1 aromatic heterocycles. The van der Waals surface area contributed by atoms with Gasteiger partial charge in [0, 0.05) is 42.7 Å². The largest absolute Gasteiger partial charge is 0.349 e. The molecule has 7 nitrogen and oxygen atoms in total. The van der Waals surface area contributed by atoms with E-state index in [2.05, 4.69) is 51.4 Å². The van der Waals surface area contributed by atoms with Crippen LogP contribution in [0.5, 0.6) is 0 Å². The van der Waals surface area contributed by atoms with E-state index in [9.17, 15) is 9.18 Å². The van der Waals surface area contributed by atoms with E-state index in [0.29, 0.717) is 24.0 Å². The van der Waals surface area contributed by atoms with E-state index < -0.39 is 5.95 Å². The summed E-state index contributed by atoms with van der Waals surface area (Å²) >= 11 is 0. The molecular formula is C28H43FN6O. The molecule has 4 heterocycles. The number of hydrogen-bond acceptors (Lipinski definition) is 6. The third kappa shape index (κ3) is 5.38. The van der Waals surface area contributed by atoms with Gasteiger partial charge in [-0.15, -0.1) is 0 Å². The van der Waals surface area contributed by atoms with Crippen LogP contribution in [0.1, 0.15) is 96.6 Å². The lowest BCUT2D eigenvalue weighted by molar-refractivity contribution is -0.126. The molecule has 5 rings (SSSR count). The van der Waals surface area contributed by atoms with E-state index >= 15 is 0 Å². The van der Waals surface area contributed by atoms with Crippen molar-refractivity contribution in [2.75, 3.05) is 6.54 Å². The Bertz CT molecular complexity index is 916. The number of carbonyl (C=O) groups excluding carboxylic acids is 1. The van der Waals surface area contributed by atoms with Crippen molar-refractivity contribution >= 4 is 11.7 Å². The van der Waals surface area contributed by atoms with Gasteiger partial charge in [-0.2, -0.15) is 9.49 Å². The highest BCUT2D eigenvalue weighted by Gasteiger charge is 2.45. The van der Waals surface area contributed by atoms with Gasteiger partial charge in [0.15, 0.2) is 0 Å². The summed E-state index contributed by atoms with van der Waals surface area (Å²) in [6.07, 6.45) is 12.9. The molecular weight excluding hydrogens is 455 g/mol. The molecule has 8 heteroatoms. The summed E-state index contributed by atoms with van der Waals surface area (Å²) < 4.78 is 13.5. The van der Waals surface area contributed by atoms with Crippen LogP contribution in [0.4, 0.5) is 4.39 Å². The van der Waals surface area contributed by atoms with Gasteiger partial charge in [-0.05, 0) is 63.5 Å². The Kier molecular flexibility index (Phi) is 7.79. The van der Waals surface area contributed by atoms with Crippen molar-refractivity contribution in [1.82, 2.24) is 25.5 Å². The molecule has 36 heavy (non-hydrogen) atoms. The van der Waals surface area contributed by atoms with Crippen LogP contribution in [0, 0.1) is 17.8 Å². The fourth-order valence-electron chi connectivity index (χ4n) is 7.09. The average molecular weight is 499 g/mol. The maximum atomic E-state index is 13.5. The fraction of sp³-hybridized carbons (Fsp3) is 0.750. The van der Waals surface area contributed by atoms with Gasteiger partial charge in [0.25, 0.3) is 0 Å². The molecule has 2 saturated heterocycles. The number of fused-ring (bicyclic) bond motifs is 2. The van der Waals surface area contributed by atoms with Gasteiger partial charge in [0.1, 0.15) is 12.0 Å². The van der Waals surface area contributed by atoms with Gasteiger partial charge in [-0.25, -0.2) is 4.98 Å². The zero-order chi connectivity index (χ0) is 25.2. The normalized spacial score (nSPS) is 29.8. The summed E-state index contributed by atoms with van der Waals surface area (Å²) in [5.74, 6) is 1.38. The maximum absolute atomic E-state index is 13.5. The summed E-state index contributed by atoms with van der Waals surface area (Å²) in [4.78, 5) is 22.2. The lowest BCUT2D eigenvalue weighted by Crippen LogP contribution is -2.55. The summed E-state index contributed by atoms with van der Waals surface area (Å²) in [5, 5.41) is 7.96. The Morgan fingerprint density at radius 2 is 1.83 bits per heavy atom. The molecule has 3 aliphatic heterocycles. The number of pyridine rings is 1. The third-order valence-corrected chi connectivity index (χ3v) is 8.94. The lowest BCUT2D eigenvalue weighted by atomic mass is 9.88. The molecule has 0 radical (unpaired) electrons. The van der Waals surface area contributed by atoms with Crippen LogP contribution in [-0.4, -0.2) is 57.4 Å². The van der Waals surface area contributed by atoms with Crippen LogP contribution in [0.15, 0.2) is 23.4 Å². The second kappa shape index (κ2) is 11.0. The molecule has 0 aromatic carbocycles. The molecule has 1 aliphatic carbocycles. The minimum Gasteiger partial charge on any atom is -0.349 e. The van der Waals surface area contributed by atoms with Gasteiger partial charge in [-0.3, -0.25) is 15.1 Å². The molecule has 3 fully saturated rings. The number of hydrazone groups is 1. The number of amides is 1. The summed E-state index contributed by atoms with van der Waals surface area (Å²) in [7, 11) is 0. The second-order valence-corrected chi connectivity index (χ2v) is 11.7. The first kappa shape index (κ1) is 25.4. The molecule has 1 aromatic rings. The minimum atomic E-state index is -0.480. The van der Waals surface area contributed by atoms with E-state index in [0.717, 1.165) is 57.1 Å². The van der Waals surface area contributed by atoms with Crippen molar-refractivity contribution in [3.05, 3.63) is 29.8 Å². The molecule has 3 unspecified atom stereocenters. The van der Waals surface area contributed by atoms with Crippen LogP contribution < -0.4 is 10.7 Å². The number of aromatic nitrogens is 1. The van der Waals surface area contributed by atoms with Gasteiger partial charge >= 0.3 is 0 Å². The first-order valence-corrected chi connectivity index (χ1v) is 14.2. The van der Waals surface area contributed by atoms with Crippen molar-refractivity contribution < 1.29 is 9.18 Å². The third-order valence-electron chi connectivity index (χ3n) is 8.94. The zero-order valence-electron chi connectivity index (χ0n) is 22.1. The average Bonchev–Trinajstić information content (AvgIpc) is 3.38. The van der Waals surface area contributed by atoms with Gasteiger partial charge in [-0.1, -0.05) is 39.2 Å². The van der Waals surface area contributed by atoms with E-state index in [1.165, 1.54) is 31.2 Å². The standard InChI is InChI=1S/C28H43FN6O/c1-18(2)27-33-32-19(3)35(27)24-15-22-10-11-23(16-24)34(22)14-13-25(21-9-12-26(29)30-17-21)31-28(36)20-7-5-4-6-8-20/h9,12,17-20,22-25,32H,4-8,10-11,13-16H2,1-3H3,(H,31,36)/t19?,22?,23?,24?,25-/m0/s1. The number of rotatable bonds is 8. The number of carbonyl (C=O) groups is 1. The maximum Gasteiger partial charge on any atom is 0.223 e. The Hall–Kier alpha value is -2.22. The molecule has 4 atom stereocenters. The van der Waals surface area contributed by atoms with Gasteiger partial charge in [0.05, 0.1) is 6.04 Å². The quantitative estimate of drug-likeness (QED) is 0.514. The lowest BCUT2D eigenvalue weighted by Gasteiger charge is -2.45. The number of halogens is 1. The van der Waals surface area contributed by atoms with Crippen LogP contribution in [0.2, 0.25) is 0 Å². The Labute approximate surface area is 215 Å². The second-order valence-electron chi connectivity index (χ2n) is 11.7. The molecule has 2 bridgehead atoms. The van der Waals surface area contributed by atoms with Gasteiger partial charge < -0.3 is 10.2 Å². The minimum absolute atomic E-state index is 0.106. The summed E-state index contributed by atoms with van der Waals surface area (Å²) in [6, 6.07) is 4.71. The SMILES string of the molecule is CC(C)C1=NNC(C)N1C1CC2CCC(C1)N2CC[C@H](NC(=O)C1CCCCC1)c1ccc(F)nc1. The Morgan fingerprint density at radius 3 is 2.47 bits per heavy atom. The number of nitrogens with zero attached hydrogens (tertiary/aromatic N) is 4. The predicted molar refractivity (Wildman–Crippen MR) is 140 cm³/mol. The van der Waals surface area contributed by atoms with Crippen LogP contribution in [0.25, 0.3) is 0 Å². The summed E-state index contributed by atoms with van der Waals surface area (Å²) in [5.41, 5.74) is 4.19. The van der Waals surface area contributed by atoms with Crippen LogP contribution >= 0.6 is 0 Å². The smallest absolute Gasteiger partial charge is 0.223 e. The van der Waals surface area contributed by atoms with Crippen molar-refractivity contribution in [2.24, 2.45) is 16.9 Å². The zero-order valence-corrected chi connectivity index (χ0v) is 22.1. The Morgan fingerprint density at radius 1 is 1.11 bits per heavy atom. The highest BCUT2D eigenvalue weighted by Crippen LogP contribution is 2.39. The number of nitrogens with one attached hydrogen (secondary N) is 2. The topological polar surface area (TPSA) is 72.9 Å². The van der Waals surface area contributed by atoms with Crippen LogP contribution in [-0.2, 0) is 4.79 Å². The fourth-order valence-corrected chi connectivity index (χ4v) is 7.09. The van der Waals surface area contributed by atoms with E-state index in [1.807, 2.05) is 0 Å². The number of piperidine rings is 1. The van der Waals surface area contributed by atoms with Crippen molar-refractivity contribution in [2.45, 2.75) is 115 Å². The summed E-state index contributed by atoms with van der Waals surface area (Å²) in [6.45, 7) is 7.60. The highest BCUT2D eigenvalue weighted by atomic mass is 19.1. The van der Waals surface area contributed by atoms with E-state index in [-0.39, 0.29) is 24.0 Å². The van der Waals surface area contributed by atoms with Crippen molar-refractivity contribution in [1.29, 1.82) is 0 Å². The van der Waals surface area contributed by atoms with E-state index in [4.69, 9.17) is 0 Å². The number of amidine groups is 1. The van der Waals surface area contributed by atoms with Gasteiger partial charge in [0.2, 0.25) is 11.9 Å². The Balaban J connectivity index is 1.24. The molecule has 1 amide bonds. The molecule has 198 valence electrons. The number of hydrogen-bond donors (Lipinski definition) is 2. The highest BCUT2D eigenvalue weighted by molar-refractivity contribution is 5.85. The predicted octanol–water partition coefficient (Wildman–Crippen LogP) is 4.56. The van der Waals surface area contributed by atoms with Crippen molar-refractivity contribution in [3.63, 3.8) is 0 Å².